The van der Waals surface area contributed by atoms with Crippen molar-refractivity contribution >= 4 is 16.9 Å². The summed E-state index contributed by atoms with van der Waals surface area (Å²) in [5.41, 5.74) is 1.76. The Kier molecular flexibility index (Phi) is 3.69. The lowest BCUT2D eigenvalue weighted by Gasteiger charge is -2.36. The highest BCUT2D eigenvalue weighted by Gasteiger charge is 2.23. The number of furan rings is 1. The van der Waals surface area contributed by atoms with Gasteiger partial charge in [0, 0.05) is 24.5 Å². The highest BCUT2D eigenvalue weighted by molar-refractivity contribution is 5.91. The van der Waals surface area contributed by atoms with E-state index in [2.05, 4.69) is 18.7 Å². The van der Waals surface area contributed by atoms with E-state index in [1.54, 1.807) is 6.07 Å². The molecule has 21 heavy (non-hydrogen) atoms. The molecule has 0 amide bonds. The van der Waals surface area contributed by atoms with Crippen LogP contribution in [0.5, 0.6) is 0 Å². The first-order chi connectivity index (χ1) is 10.0. The summed E-state index contributed by atoms with van der Waals surface area (Å²) in [5, 5.41) is 9.80. The maximum absolute atomic E-state index is 10.9. The lowest BCUT2D eigenvalue weighted by Crippen LogP contribution is -2.46. The van der Waals surface area contributed by atoms with E-state index in [1.165, 1.54) is 0 Å². The highest BCUT2D eigenvalue weighted by Crippen LogP contribution is 2.23. The maximum Gasteiger partial charge on any atom is 0.371 e. The fraction of sp³-hybridized carbons (Fsp3) is 0.438. The lowest BCUT2D eigenvalue weighted by atomic mass is 10.1. The zero-order valence-corrected chi connectivity index (χ0v) is 12.2. The molecule has 1 aliphatic rings. The van der Waals surface area contributed by atoms with Crippen LogP contribution in [-0.4, -0.2) is 41.3 Å². The summed E-state index contributed by atoms with van der Waals surface area (Å²) in [7, 11) is 0. The second-order valence-corrected chi connectivity index (χ2v) is 5.71. The molecule has 1 aliphatic heterocycles. The van der Waals surface area contributed by atoms with E-state index in [1.807, 2.05) is 18.2 Å². The Morgan fingerprint density at radius 3 is 2.95 bits per heavy atom. The minimum Gasteiger partial charge on any atom is -0.475 e. The smallest absolute Gasteiger partial charge is 0.371 e. The minimum atomic E-state index is -1.04. The molecule has 5 nitrogen and oxygen atoms in total. The van der Waals surface area contributed by atoms with Crippen molar-refractivity contribution in [1.29, 1.82) is 0 Å². The molecular weight excluding hydrogens is 270 g/mol. The fourth-order valence-electron chi connectivity index (χ4n) is 2.72. The zero-order chi connectivity index (χ0) is 15.0. The molecule has 2 unspecified atom stereocenters. The van der Waals surface area contributed by atoms with Gasteiger partial charge in [0.05, 0.1) is 12.7 Å². The Labute approximate surface area is 123 Å². The van der Waals surface area contributed by atoms with Crippen molar-refractivity contribution in [1.82, 2.24) is 4.90 Å². The number of nitrogens with zero attached hydrogens (tertiary/aromatic N) is 1. The van der Waals surface area contributed by atoms with E-state index in [4.69, 9.17) is 14.3 Å². The van der Waals surface area contributed by atoms with Crippen LogP contribution in [0, 0.1) is 0 Å². The summed E-state index contributed by atoms with van der Waals surface area (Å²) in [6.07, 6.45) is 0.248. The van der Waals surface area contributed by atoms with E-state index in [0.29, 0.717) is 11.6 Å². The van der Waals surface area contributed by atoms with E-state index in [0.717, 1.165) is 30.6 Å². The van der Waals surface area contributed by atoms with Gasteiger partial charge in [-0.05, 0) is 37.6 Å². The van der Waals surface area contributed by atoms with Gasteiger partial charge in [0.15, 0.2) is 0 Å². The van der Waals surface area contributed by atoms with Crippen LogP contribution in [0.4, 0.5) is 0 Å². The van der Waals surface area contributed by atoms with Crippen LogP contribution in [0.3, 0.4) is 0 Å². The van der Waals surface area contributed by atoms with Crippen molar-refractivity contribution in [2.75, 3.05) is 13.2 Å². The molecule has 0 aliphatic carbocycles. The van der Waals surface area contributed by atoms with Crippen molar-refractivity contribution in [3.63, 3.8) is 0 Å². The van der Waals surface area contributed by atoms with Gasteiger partial charge in [-0.1, -0.05) is 6.07 Å². The number of rotatable bonds is 3. The Bertz CT molecular complexity index is 663. The van der Waals surface area contributed by atoms with Crippen LogP contribution < -0.4 is 0 Å². The van der Waals surface area contributed by atoms with Gasteiger partial charge < -0.3 is 14.3 Å². The molecule has 112 valence electrons. The number of morpholine rings is 1. The van der Waals surface area contributed by atoms with E-state index < -0.39 is 5.97 Å². The van der Waals surface area contributed by atoms with Gasteiger partial charge in [0.2, 0.25) is 5.76 Å². The third-order valence-corrected chi connectivity index (χ3v) is 3.91. The van der Waals surface area contributed by atoms with E-state index in [-0.39, 0.29) is 11.9 Å². The van der Waals surface area contributed by atoms with Gasteiger partial charge in [-0.2, -0.15) is 0 Å². The van der Waals surface area contributed by atoms with Gasteiger partial charge in [-0.3, -0.25) is 4.90 Å². The van der Waals surface area contributed by atoms with Crippen molar-refractivity contribution in [3.8, 4) is 0 Å². The fourth-order valence-corrected chi connectivity index (χ4v) is 2.72. The number of carboxylic acids is 1. The van der Waals surface area contributed by atoms with Gasteiger partial charge in [0.1, 0.15) is 5.58 Å². The Hall–Kier alpha value is -1.85. The SMILES string of the molecule is CC1CN(Cc2ccc3oc(C(=O)O)cc3c2)C(C)CO1. The van der Waals surface area contributed by atoms with Crippen molar-refractivity contribution in [2.45, 2.75) is 32.5 Å². The highest BCUT2D eigenvalue weighted by atomic mass is 16.5. The number of aromatic carboxylic acids is 1. The van der Waals surface area contributed by atoms with Crippen molar-refractivity contribution in [2.24, 2.45) is 0 Å². The molecule has 1 N–H and O–H groups in total. The second-order valence-electron chi connectivity index (χ2n) is 5.71. The number of benzene rings is 1. The van der Waals surface area contributed by atoms with E-state index >= 15 is 0 Å². The average Bonchev–Trinajstić information content (AvgIpc) is 2.86. The third kappa shape index (κ3) is 2.94. The molecular formula is C16H19NO4. The molecule has 0 radical (unpaired) electrons. The third-order valence-electron chi connectivity index (χ3n) is 3.91. The Morgan fingerprint density at radius 2 is 2.19 bits per heavy atom. The monoisotopic (exact) mass is 289 g/mol. The molecule has 2 heterocycles. The standard InChI is InChI=1S/C16H19NO4/c1-10-9-20-11(2)7-17(10)8-12-3-4-14-13(5-12)6-15(21-14)16(18)19/h3-6,10-11H,7-9H2,1-2H3,(H,18,19). The van der Waals surface area contributed by atoms with Crippen LogP contribution in [-0.2, 0) is 11.3 Å². The normalized spacial score (nSPS) is 23.5. The molecule has 1 saturated heterocycles. The predicted octanol–water partition coefficient (Wildman–Crippen LogP) is 2.74. The number of hydrogen-bond acceptors (Lipinski definition) is 4. The summed E-state index contributed by atoms with van der Waals surface area (Å²) < 4.78 is 10.9. The number of fused-ring (bicyclic) bond motifs is 1. The minimum absolute atomic E-state index is 0.0180. The molecule has 0 bridgehead atoms. The summed E-state index contributed by atoms with van der Waals surface area (Å²) in [6, 6.07) is 7.79. The molecule has 1 aromatic heterocycles. The summed E-state index contributed by atoms with van der Waals surface area (Å²) >= 11 is 0. The van der Waals surface area contributed by atoms with Crippen LogP contribution in [0.2, 0.25) is 0 Å². The van der Waals surface area contributed by atoms with Gasteiger partial charge in [-0.25, -0.2) is 4.79 Å². The number of carboxylic acid groups (broad SMARTS) is 1. The van der Waals surface area contributed by atoms with Crippen molar-refractivity contribution in [3.05, 3.63) is 35.6 Å². The summed E-state index contributed by atoms with van der Waals surface area (Å²) in [5.74, 6) is -1.06. The van der Waals surface area contributed by atoms with Crippen LogP contribution in [0.25, 0.3) is 11.0 Å². The summed E-state index contributed by atoms with van der Waals surface area (Å²) in [6.45, 7) is 6.73. The molecule has 0 spiro atoms. The number of carbonyl (C=O) groups is 1. The molecule has 5 heteroatoms. The second kappa shape index (κ2) is 5.50. The molecule has 2 aromatic rings. The van der Waals surface area contributed by atoms with Crippen molar-refractivity contribution < 1.29 is 19.1 Å². The number of hydrogen-bond donors (Lipinski definition) is 1. The van der Waals surface area contributed by atoms with Gasteiger partial charge in [-0.15, -0.1) is 0 Å². The first-order valence-electron chi connectivity index (χ1n) is 7.14. The van der Waals surface area contributed by atoms with Gasteiger partial charge >= 0.3 is 5.97 Å². The molecule has 2 atom stereocenters. The van der Waals surface area contributed by atoms with Crippen LogP contribution in [0.15, 0.2) is 28.7 Å². The zero-order valence-electron chi connectivity index (χ0n) is 12.2. The topological polar surface area (TPSA) is 62.9 Å². The average molecular weight is 289 g/mol. The molecule has 1 aromatic carbocycles. The Balaban J connectivity index is 1.82. The summed E-state index contributed by atoms with van der Waals surface area (Å²) in [4.78, 5) is 13.3. The van der Waals surface area contributed by atoms with Crippen LogP contribution in [0.1, 0.15) is 30.0 Å². The molecule has 3 rings (SSSR count). The predicted molar refractivity (Wildman–Crippen MR) is 78.5 cm³/mol. The Morgan fingerprint density at radius 1 is 1.38 bits per heavy atom. The number of ether oxygens (including phenoxy) is 1. The first-order valence-corrected chi connectivity index (χ1v) is 7.14. The largest absolute Gasteiger partial charge is 0.475 e. The maximum atomic E-state index is 10.9. The van der Waals surface area contributed by atoms with E-state index in [9.17, 15) is 4.79 Å². The molecule has 0 saturated carbocycles. The molecule has 1 fully saturated rings. The van der Waals surface area contributed by atoms with Crippen LogP contribution >= 0.6 is 0 Å². The quantitative estimate of drug-likeness (QED) is 0.941. The first kappa shape index (κ1) is 14.1. The lowest BCUT2D eigenvalue weighted by molar-refractivity contribution is -0.0526. The van der Waals surface area contributed by atoms with Gasteiger partial charge in [0.25, 0.3) is 0 Å².